The molecule has 2 aromatic rings. The number of hydrogen-bond acceptors (Lipinski definition) is 6. The van der Waals surface area contributed by atoms with Crippen LogP contribution >= 0.6 is 11.8 Å². The molecule has 1 aliphatic carbocycles. The molecule has 1 unspecified atom stereocenters. The molecule has 4 rings (SSSR count). The van der Waals surface area contributed by atoms with Crippen LogP contribution in [0, 0.1) is 5.41 Å². The van der Waals surface area contributed by atoms with Gasteiger partial charge in [-0.3, -0.25) is 4.79 Å². The summed E-state index contributed by atoms with van der Waals surface area (Å²) in [5.74, 6) is 2.79. The smallest absolute Gasteiger partial charge is 0.227 e. The van der Waals surface area contributed by atoms with E-state index in [1.165, 1.54) is 19.3 Å². The van der Waals surface area contributed by atoms with Gasteiger partial charge >= 0.3 is 0 Å². The summed E-state index contributed by atoms with van der Waals surface area (Å²) in [6.07, 6.45) is 8.40. The largest absolute Gasteiger partial charge is 0.494 e. The van der Waals surface area contributed by atoms with E-state index in [1.54, 1.807) is 11.8 Å². The minimum Gasteiger partial charge on any atom is -0.494 e. The minimum atomic E-state index is -0.263. The highest BCUT2D eigenvalue weighted by Crippen LogP contribution is 2.45. The van der Waals surface area contributed by atoms with E-state index in [0.29, 0.717) is 6.42 Å². The molecule has 34 heavy (non-hydrogen) atoms. The van der Waals surface area contributed by atoms with Crippen LogP contribution in [0.2, 0.25) is 0 Å². The van der Waals surface area contributed by atoms with E-state index < -0.39 is 0 Å². The number of hydrogen-bond donors (Lipinski definition) is 1. The number of fused-ring (bicyclic) bond motifs is 1. The second kappa shape index (κ2) is 11.0. The lowest BCUT2D eigenvalue weighted by Crippen LogP contribution is -2.36. The number of rotatable bonds is 11. The average molecular weight is 483 g/mol. The number of carbonyl (C=O) groups is 1. The summed E-state index contributed by atoms with van der Waals surface area (Å²) in [5.41, 5.74) is 2.79. The Hall–Kier alpha value is -2.28. The lowest BCUT2D eigenvalue weighted by molar-refractivity contribution is -0.118. The van der Waals surface area contributed by atoms with Gasteiger partial charge < -0.3 is 10.1 Å². The highest BCUT2D eigenvalue weighted by molar-refractivity contribution is 7.99. The van der Waals surface area contributed by atoms with E-state index >= 15 is 0 Å². The second-order valence-corrected chi connectivity index (χ2v) is 11.3. The van der Waals surface area contributed by atoms with Crippen LogP contribution in [0.25, 0.3) is 0 Å². The zero-order valence-electron chi connectivity index (χ0n) is 21.0. The van der Waals surface area contributed by atoms with Crippen LogP contribution in [0.3, 0.4) is 0 Å². The Kier molecular flexibility index (Phi) is 8.02. The Bertz CT molecular complexity index is 1030. The Morgan fingerprint density at radius 2 is 1.85 bits per heavy atom. The summed E-state index contributed by atoms with van der Waals surface area (Å²) in [6, 6.07) is 7.92. The first-order valence-electron chi connectivity index (χ1n) is 12.8. The molecule has 0 radical (unpaired) electrons. The van der Waals surface area contributed by atoms with Crippen molar-refractivity contribution >= 4 is 23.5 Å². The average Bonchev–Trinajstić information content (AvgIpc) is 3.20. The molecule has 0 saturated carbocycles. The van der Waals surface area contributed by atoms with Crippen LogP contribution in [-0.4, -0.2) is 32.9 Å². The molecule has 0 fully saturated rings. The zero-order chi connectivity index (χ0) is 24.1. The summed E-state index contributed by atoms with van der Waals surface area (Å²) >= 11 is 1.68. The number of allylic oxidation sites excluding steroid dienone is 2. The topological polar surface area (TPSA) is 69.0 Å². The number of benzene rings is 1. The molecule has 1 aromatic carbocycles. The van der Waals surface area contributed by atoms with Crippen LogP contribution in [0.4, 0.5) is 5.95 Å². The Morgan fingerprint density at radius 1 is 1.09 bits per heavy atom. The first kappa shape index (κ1) is 24.8. The van der Waals surface area contributed by atoms with Crippen molar-refractivity contribution in [1.29, 1.82) is 0 Å². The standard InChI is InChI=1S/C27H38N4O2S/c1-5-7-9-10-15-33-20-13-11-19(12-14-20)24-23-21(17-27(3,4)18-22(23)32)28-25-29-26(30-31(24)25)34-16-8-6-2/h11-14,24H,5-10,15-18H2,1-4H3,(H,28,29,30). The molecule has 184 valence electrons. The number of carbonyl (C=O) groups excluding carboxylic acids is 1. The van der Waals surface area contributed by atoms with Gasteiger partial charge in [0.25, 0.3) is 0 Å². The first-order chi connectivity index (χ1) is 16.4. The van der Waals surface area contributed by atoms with Gasteiger partial charge in [0.15, 0.2) is 5.78 Å². The molecule has 2 aliphatic rings. The summed E-state index contributed by atoms with van der Waals surface area (Å²) in [7, 11) is 0. The van der Waals surface area contributed by atoms with Crippen molar-refractivity contribution < 1.29 is 9.53 Å². The molecule has 2 heterocycles. The summed E-state index contributed by atoms with van der Waals surface area (Å²) in [5, 5.41) is 9.06. The number of unbranched alkanes of at least 4 members (excludes halogenated alkanes) is 4. The lowest BCUT2D eigenvalue weighted by Gasteiger charge is -2.38. The summed E-state index contributed by atoms with van der Waals surface area (Å²) in [4.78, 5) is 18.1. The number of thioether (sulfide) groups is 1. The van der Waals surface area contributed by atoms with Crippen LogP contribution in [0.15, 0.2) is 40.7 Å². The van der Waals surface area contributed by atoms with Crippen LogP contribution in [-0.2, 0) is 4.79 Å². The maximum Gasteiger partial charge on any atom is 0.227 e. The monoisotopic (exact) mass is 482 g/mol. The quantitative estimate of drug-likeness (QED) is 0.281. The minimum absolute atomic E-state index is 0.0656. The van der Waals surface area contributed by atoms with E-state index in [0.717, 1.165) is 71.7 Å². The van der Waals surface area contributed by atoms with Gasteiger partial charge in [-0.25, -0.2) is 4.68 Å². The Balaban J connectivity index is 1.61. The third-order valence-electron chi connectivity index (χ3n) is 6.50. The highest BCUT2D eigenvalue weighted by Gasteiger charge is 2.41. The molecule has 1 N–H and O–H groups in total. The maximum absolute atomic E-state index is 13.4. The van der Waals surface area contributed by atoms with Crippen molar-refractivity contribution in [2.75, 3.05) is 17.7 Å². The van der Waals surface area contributed by atoms with Gasteiger partial charge in [-0.1, -0.05) is 77.3 Å². The van der Waals surface area contributed by atoms with Gasteiger partial charge in [-0.2, -0.15) is 4.98 Å². The maximum atomic E-state index is 13.4. The van der Waals surface area contributed by atoms with Crippen LogP contribution in [0.1, 0.15) is 90.7 Å². The molecule has 7 heteroatoms. The third-order valence-corrected chi connectivity index (χ3v) is 7.43. The van der Waals surface area contributed by atoms with Crippen molar-refractivity contribution in [3.05, 3.63) is 41.1 Å². The van der Waals surface area contributed by atoms with Crippen molar-refractivity contribution in [3.63, 3.8) is 0 Å². The fourth-order valence-corrected chi connectivity index (χ4v) is 5.64. The van der Waals surface area contributed by atoms with Crippen LogP contribution in [0.5, 0.6) is 5.75 Å². The van der Waals surface area contributed by atoms with Gasteiger partial charge in [-0.05, 0) is 42.4 Å². The van der Waals surface area contributed by atoms with Gasteiger partial charge in [0.05, 0.1) is 6.61 Å². The van der Waals surface area contributed by atoms with E-state index in [4.69, 9.17) is 14.8 Å². The van der Waals surface area contributed by atoms with Gasteiger partial charge in [0, 0.05) is 23.4 Å². The van der Waals surface area contributed by atoms with Gasteiger partial charge in [-0.15, -0.1) is 5.10 Å². The van der Waals surface area contributed by atoms with Crippen LogP contribution < -0.4 is 10.1 Å². The van der Waals surface area contributed by atoms with E-state index in [9.17, 15) is 4.79 Å². The molecule has 0 bridgehead atoms. The molecule has 6 nitrogen and oxygen atoms in total. The molecular formula is C27H38N4O2S. The van der Waals surface area contributed by atoms with E-state index in [1.807, 2.05) is 16.8 Å². The highest BCUT2D eigenvalue weighted by atomic mass is 32.2. The number of nitrogens with zero attached hydrogens (tertiary/aromatic N) is 3. The normalized spacial score (nSPS) is 18.9. The molecule has 0 spiro atoms. The molecule has 1 aliphatic heterocycles. The van der Waals surface area contributed by atoms with Crippen molar-refractivity contribution in [2.24, 2.45) is 5.41 Å². The fourth-order valence-electron chi connectivity index (χ4n) is 4.73. The van der Waals surface area contributed by atoms with Gasteiger partial charge in [0.2, 0.25) is 11.1 Å². The predicted molar refractivity (Wildman–Crippen MR) is 139 cm³/mol. The molecule has 1 aromatic heterocycles. The van der Waals surface area contributed by atoms with Crippen molar-refractivity contribution in [3.8, 4) is 5.75 Å². The first-order valence-corrected chi connectivity index (χ1v) is 13.8. The molecule has 0 amide bonds. The fraction of sp³-hybridized carbons (Fsp3) is 0.593. The second-order valence-electron chi connectivity index (χ2n) is 10.2. The lowest BCUT2D eigenvalue weighted by atomic mass is 9.73. The van der Waals surface area contributed by atoms with Crippen molar-refractivity contribution in [2.45, 2.75) is 90.3 Å². The number of ketones is 1. The number of aromatic nitrogens is 3. The summed E-state index contributed by atoms with van der Waals surface area (Å²) in [6.45, 7) is 9.45. The molecule has 0 saturated heterocycles. The van der Waals surface area contributed by atoms with E-state index in [2.05, 4.69) is 45.1 Å². The number of Topliss-reactive ketones (excluding diaryl/α,β-unsaturated/α-hetero) is 1. The number of anilines is 1. The van der Waals surface area contributed by atoms with E-state index in [-0.39, 0.29) is 17.2 Å². The molecule has 1 atom stereocenters. The van der Waals surface area contributed by atoms with Crippen molar-refractivity contribution in [1.82, 2.24) is 14.8 Å². The predicted octanol–water partition coefficient (Wildman–Crippen LogP) is 6.79. The van der Waals surface area contributed by atoms with Gasteiger partial charge in [0.1, 0.15) is 11.8 Å². The molecular weight excluding hydrogens is 444 g/mol. The Labute approximate surface area is 207 Å². The third kappa shape index (κ3) is 5.68. The number of ether oxygens (including phenoxy) is 1. The summed E-state index contributed by atoms with van der Waals surface area (Å²) < 4.78 is 7.86. The zero-order valence-corrected chi connectivity index (χ0v) is 21.8. The Morgan fingerprint density at radius 3 is 2.59 bits per heavy atom. The number of nitrogens with one attached hydrogen (secondary N) is 1. The SMILES string of the molecule is CCCCCCOc1ccc(C2C3=C(CC(C)(C)CC3=O)Nc3nc(SCCCC)nn32)cc1.